The molecule has 9 heteroatoms. The molecule has 9 nitrogen and oxygen atoms in total. The van der Waals surface area contributed by atoms with E-state index in [0.717, 1.165) is 57.8 Å². The van der Waals surface area contributed by atoms with Crippen molar-refractivity contribution in [1.29, 1.82) is 0 Å². The average molecular weight is 751 g/mol. The largest absolute Gasteiger partial charge is 0.480 e. The standard InChI is InChI=1S/C44H82N2O7/c1-3-5-7-9-11-13-14-15-16-17-18-19-20-21-23-28-32-36-43(50)53-39(33-29-25-22-12-10-8-6-4-2)34-30-26-24-27-31-35-41(48)45-37-42(49)46-40(38-47)44(51)52/h15-16,39-40,47H,3-14,17-38H2,1-2H3,(H,45,48)(H,46,49)(H,51,52)/b16-15-. The summed E-state index contributed by atoms with van der Waals surface area (Å²) in [6.07, 6.45) is 41.0. The molecule has 0 fully saturated rings. The van der Waals surface area contributed by atoms with Crippen molar-refractivity contribution in [3.63, 3.8) is 0 Å². The number of aliphatic carboxylic acids is 1. The van der Waals surface area contributed by atoms with Gasteiger partial charge < -0.3 is 25.6 Å². The first-order valence-corrected chi connectivity index (χ1v) is 22.1. The van der Waals surface area contributed by atoms with Crippen LogP contribution in [0.3, 0.4) is 0 Å². The van der Waals surface area contributed by atoms with Crippen molar-refractivity contribution in [2.24, 2.45) is 0 Å². The summed E-state index contributed by atoms with van der Waals surface area (Å²) in [7, 11) is 0. The van der Waals surface area contributed by atoms with Crippen LogP contribution in [-0.2, 0) is 23.9 Å². The van der Waals surface area contributed by atoms with Gasteiger partial charge in [0.15, 0.2) is 0 Å². The smallest absolute Gasteiger partial charge is 0.328 e. The first kappa shape index (κ1) is 50.6. The second kappa shape index (κ2) is 39.3. The number of nitrogens with one attached hydrogen (secondary N) is 2. The highest BCUT2D eigenvalue weighted by Crippen LogP contribution is 2.19. The zero-order valence-electron chi connectivity index (χ0n) is 34.3. The van der Waals surface area contributed by atoms with Gasteiger partial charge in [0, 0.05) is 12.8 Å². The number of ether oxygens (including phenoxy) is 1. The molecule has 0 saturated heterocycles. The number of aliphatic hydroxyl groups excluding tert-OH is 1. The third-order valence-electron chi connectivity index (χ3n) is 10.0. The number of esters is 1. The number of hydrogen-bond acceptors (Lipinski definition) is 6. The minimum atomic E-state index is -1.38. The van der Waals surface area contributed by atoms with Gasteiger partial charge in [0.25, 0.3) is 0 Å². The van der Waals surface area contributed by atoms with Crippen molar-refractivity contribution in [2.45, 2.75) is 231 Å². The molecule has 0 aromatic rings. The van der Waals surface area contributed by atoms with Gasteiger partial charge in [-0.25, -0.2) is 4.79 Å². The molecule has 0 heterocycles. The molecule has 0 spiro atoms. The highest BCUT2D eigenvalue weighted by atomic mass is 16.5. The Morgan fingerprint density at radius 1 is 0.547 bits per heavy atom. The van der Waals surface area contributed by atoms with Gasteiger partial charge in [-0.05, 0) is 64.2 Å². The lowest BCUT2D eigenvalue weighted by molar-refractivity contribution is -0.150. The van der Waals surface area contributed by atoms with Crippen LogP contribution in [0.25, 0.3) is 0 Å². The normalized spacial score (nSPS) is 12.5. The van der Waals surface area contributed by atoms with Crippen LogP contribution >= 0.6 is 0 Å². The second-order valence-corrected chi connectivity index (χ2v) is 15.1. The number of carbonyl (C=O) groups excluding carboxylic acids is 3. The van der Waals surface area contributed by atoms with E-state index in [4.69, 9.17) is 14.9 Å². The number of amides is 2. The van der Waals surface area contributed by atoms with Gasteiger partial charge in [-0.1, -0.05) is 154 Å². The molecule has 310 valence electrons. The summed E-state index contributed by atoms with van der Waals surface area (Å²) in [5.41, 5.74) is 0. The van der Waals surface area contributed by atoms with Crippen molar-refractivity contribution < 1.29 is 34.1 Å². The van der Waals surface area contributed by atoms with Crippen LogP contribution in [0.15, 0.2) is 12.2 Å². The lowest BCUT2D eigenvalue weighted by Crippen LogP contribution is -2.47. The summed E-state index contributed by atoms with van der Waals surface area (Å²) >= 11 is 0. The van der Waals surface area contributed by atoms with Gasteiger partial charge in [-0.15, -0.1) is 0 Å². The molecule has 2 amide bonds. The maximum absolute atomic E-state index is 12.8. The average Bonchev–Trinajstić information content (AvgIpc) is 3.14. The quantitative estimate of drug-likeness (QED) is 0.0277. The Balaban J connectivity index is 4.16. The van der Waals surface area contributed by atoms with Crippen molar-refractivity contribution in [3.05, 3.63) is 12.2 Å². The molecule has 2 atom stereocenters. The Bertz CT molecular complexity index is 910. The molecule has 2 unspecified atom stereocenters. The Morgan fingerprint density at radius 3 is 1.42 bits per heavy atom. The second-order valence-electron chi connectivity index (χ2n) is 15.1. The molecule has 0 radical (unpaired) electrons. The third-order valence-corrected chi connectivity index (χ3v) is 10.0. The summed E-state index contributed by atoms with van der Waals surface area (Å²) in [5.74, 6) is -2.29. The maximum Gasteiger partial charge on any atom is 0.328 e. The molecule has 0 bridgehead atoms. The van der Waals surface area contributed by atoms with Gasteiger partial charge in [0.1, 0.15) is 12.1 Å². The molecule has 0 aliphatic carbocycles. The van der Waals surface area contributed by atoms with Crippen LogP contribution < -0.4 is 10.6 Å². The van der Waals surface area contributed by atoms with Gasteiger partial charge in [0.05, 0.1) is 13.2 Å². The van der Waals surface area contributed by atoms with E-state index in [1.165, 1.54) is 128 Å². The molecular weight excluding hydrogens is 668 g/mol. The number of carboxylic acid groups (broad SMARTS) is 1. The lowest BCUT2D eigenvalue weighted by Gasteiger charge is -2.18. The fourth-order valence-electron chi connectivity index (χ4n) is 6.59. The molecule has 0 aliphatic heterocycles. The summed E-state index contributed by atoms with van der Waals surface area (Å²) in [6, 6.07) is -1.38. The van der Waals surface area contributed by atoms with Crippen LogP contribution in [0.1, 0.15) is 219 Å². The van der Waals surface area contributed by atoms with Crippen molar-refractivity contribution in [3.8, 4) is 0 Å². The molecule has 4 N–H and O–H groups in total. The molecule has 0 aliphatic rings. The highest BCUT2D eigenvalue weighted by Gasteiger charge is 2.19. The van der Waals surface area contributed by atoms with E-state index in [1.807, 2.05) is 0 Å². The zero-order valence-corrected chi connectivity index (χ0v) is 34.3. The number of rotatable bonds is 40. The van der Waals surface area contributed by atoms with E-state index in [9.17, 15) is 19.2 Å². The van der Waals surface area contributed by atoms with Crippen molar-refractivity contribution in [1.82, 2.24) is 10.6 Å². The molecule has 53 heavy (non-hydrogen) atoms. The van der Waals surface area contributed by atoms with Crippen LogP contribution in [0.5, 0.6) is 0 Å². The minimum Gasteiger partial charge on any atom is -0.480 e. The first-order chi connectivity index (χ1) is 25.8. The van der Waals surface area contributed by atoms with Gasteiger partial charge in [0.2, 0.25) is 11.8 Å². The number of hydrogen-bond donors (Lipinski definition) is 4. The van der Waals surface area contributed by atoms with Gasteiger partial charge in [-0.3, -0.25) is 14.4 Å². The van der Waals surface area contributed by atoms with E-state index in [2.05, 4.69) is 36.6 Å². The topological polar surface area (TPSA) is 142 Å². The number of unbranched alkanes of at least 4 members (excludes halogenated alkanes) is 24. The zero-order chi connectivity index (χ0) is 39.0. The fourth-order valence-corrected chi connectivity index (χ4v) is 6.59. The highest BCUT2D eigenvalue weighted by molar-refractivity contribution is 5.87. The number of carbonyl (C=O) groups is 4. The van der Waals surface area contributed by atoms with Gasteiger partial charge >= 0.3 is 11.9 Å². The summed E-state index contributed by atoms with van der Waals surface area (Å²) in [5, 5.41) is 22.5. The molecule has 0 rings (SSSR count). The van der Waals surface area contributed by atoms with Crippen molar-refractivity contribution in [2.75, 3.05) is 13.2 Å². The van der Waals surface area contributed by atoms with E-state index in [-0.39, 0.29) is 24.5 Å². The monoisotopic (exact) mass is 751 g/mol. The van der Waals surface area contributed by atoms with Crippen LogP contribution in [0.4, 0.5) is 0 Å². The predicted octanol–water partition coefficient (Wildman–Crippen LogP) is 10.7. The van der Waals surface area contributed by atoms with E-state index >= 15 is 0 Å². The van der Waals surface area contributed by atoms with E-state index in [1.54, 1.807) is 0 Å². The Kier molecular flexibility index (Phi) is 37.5. The van der Waals surface area contributed by atoms with E-state index in [0.29, 0.717) is 19.3 Å². The molecular formula is C44H82N2O7. The Morgan fingerprint density at radius 2 is 0.962 bits per heavy atom. The number of aliphatic hydroxyl groups is 1. The van der Waals surface area contributed by atoms with Crippen LogP contribution in [-0.4, -0.2) is 59.3 Å². The summed E-state index contributed by atoms with van der Waals surface area (Å²) in [4.78, 5) is 47.5. The first-order valence-electron chi connectivity index (χ1n) is 22.1. The maximum atomic E-state index is 12.8. The van der Waals surface area contributed by atoms with Crippen LogP contribution in [0, 0.1) is 0 Å². The van der Waals surface area contributed by atoms with Crippen LogP contribution in [0.2, 0.25) is 0 Å². The lowest BCUT2D eigenvalue weighted by atomic mass is 10.0. The Hall–Kier alpha value is -2.42. The van der Waals surface area contributed by atoms with E-state index < -0.39 is 24.5 Å². The summed E-state index contributed by atoms with van der Waals surface area (Å²) < 4.78 is 6.01. The number of allylic oxidation sites excluding steroid dienone is 2. The minimum absolute atomic E-state index is 0.00841. The molecule has 0 aromatic heterocycles. The third kappa shape index (κ3) is 36.3. The Labute approximate surface area is 324 Å². The predicted molar refractivity (Wildman–Crippen MR) is 218 cm³/mol. The molecule has 0 saturated carbocycles. The SMILES string of the molecule is CCCCCCCC/C=C\CCCCCCCCCC(=O)OC(CCCCCCCCCC)CCCCCCCC(=O)NCC(=O)NC(CO)C(=O)O. The summed E-state index contributed by atoms with van der Waals surface area (Å²) in [6.45, 7) is 3.48. The fraction of sp³-hybridized carbons (Fsp3) is 0.864. The number of carboxylic acids is 1. The van der Waals surface area contributed by atoms with Gasteiger partial charge in [-0.2, -0.15) is 0 Å². The van der Waals surface area contributed by atoms with Crippen molar-refractivity contribution >= 4 is 23.8 Å². The molecule has 0 aromatic carbocycles.